The lowest BCUT2D eigenvalue weighted by molar-refractivity contribution is 0.0181. The SMILES string of the molecule is O=C(O)N1C(CO)C(O)C(O)C1c1c[nH]c2c(Cl)ncnc12. The molecule has 3 heterocycles. The molecule has 22 heavy (non-hydrogen) atoms. The summed E-state index contributed by atoms with van der Waals surface area (Å²) in [5.74, 6) is 0. The van der Waals surface area contributed by atoms with E-state index in [2.05, 4.69) is 15.0 Å². The van der Waals surface area contributed by atoms with Crippen molar-refractivity contribution in [3.63, 3.8) is 0 Å². The number of halogens is 1. The van der Waals surface area contributed by atoms with Crippen LogP contribution in [0.2, 0.25) is 5.15 Å². The topological polar surface area (TPSA) is 143 Å². The molecule has 2 aromatic heterocycles. The first-order chi connectivity index (χ1) is 10.5. The first-order valence-electron chi connectivity index (χ1n) is 6.43. The van der Waals surface area contributed by atoms with E-state index in [1.807, 2.05) is 0 Å². The van der Waals surface area contributed by atoms with Crippen molar-refractivity contribution in [3.8, 4) is 0 Å². The monoisotopic (exact) mass is 328 g/mol. The number of aliphatic hydroxyl groups is 3. The maximum Gasteiger partial charge on any atom is 0.408 e. The molecule has 1 aliphatic rings. The average Bonchev–Trinajstić information content (AvgIpc) is 3.00. The van der Waals surface area contributed by atoms with Crippen LogP contribution in [0.3, 0.4) is 0 Å². The van der Waals surface area contributed by atoms with Gasteiger partial charge in [0.2, 0.25) is 0 Å². The van der Waals surface area contributed by atoms with Crippen LogP contribution in [0.15, 0.2) is 12.5 Å². The van der Waals surface area contributed by atoms with Crippen molar-refractivity contribution >= 4 is 28.7 Å². The Kier molecular flexibility index (Phi) is 3.65. The molecule has 1 amide bonds. The van der Waals surface area contributed by atoms with Crippen LogP contribution in [-0.4, -0.2) is 71.2 Å². The molecule has 3 rings (SSSR count). The number of aliphatic hydroxyl groups excluding tert-OH is 3. The van der Waals surface area contributed by atoms with Crippen molar-refractivity contribution in [2.45, 2.75) is 24.3 Å². The third-order valence-electron chi connectivity index (χ3n) is 3.90. The van der Waals surface area contributed by atoms with Crippen LogP contribution in [-0.2, 0) is 0 Å². The van der Waals surface area contributed by atoms with Crippen LogP contribution in [0.25, 0.3) is 11.0 Å². The molecule has 2 aromatic rings. The van der Waals surface area contributed by atoms with Gasteiger partial charge in [-0.15, -0.1) is 0 Å². The first-order valence-corrected chi connectivity index (χ1v) is 6.81. The highest BCUT2D eigenvalue weighted by Gasteiger charge is 2.51. The molecule has 118 valence electrons. The summed E-state index contributed by atoms with van der Waals surface area (Å²) >= 11 is 5.93. The fourth-order valence-electron chi connectivity index (χ4n) is 2.89. The smallest absolute Gasteiger partial charge is 0.408 e. The van der Waals surface area contributed by atoms with Gasteiger partial charge in [-0.1, -0.05) is 11.6 Å². The van der Waals surface area contributed by atoms with Gasteiger partial charge in [-0.25, -0.2) is 14.8 Å². The van der Waals surface area contributed by atoms with Gasteiger partial charge in [0.15, 0.2) is 5.15 Å². The highest BCUT2D eigenvalue weighted by atomic mass is 35.5. The summed E-state index contributed by atoms with van der Waals surface area (Å²) in [6.07, 6.45) is -1.50. The fraction of sp³-hybridized carbons (Fsp3) is 0.417. The average molecular weight is 329 g/mol. The zero-order chi connectivity index (χ0) is 16.0. The van der Waals surface area contributed by atoms with Crippen molar-refractivity contribution < 1.29 is 25.2 Å². The van der Waals surface area contributed by atoms with Crippen LogP contribution in [0.1, 0.15) is 11.6 Å². The number of amides is 1. The van der Waals surface area contributed by atoms with E-state index in [1.54, 1.807) is 0 Å². The van der Waals surface area contributed by atoms with Crippen LogP contribution in [0.4, 0.5) is 4.79 Å². The van der Waals surface area contributed by atoms with Crippen molar-refractivity contribution in [1.29, 1.82) is 0 Å². The number of fused-ring (bicyclic) bond motifs is 1. The molecule has 0 aliphatic carbocycles. The van der Waals surface area contributed by atoms with Crippen molar-refractivity contribution in [1.82, 2.24) is 19.9 Å². The van der Waals surface area contributed by atoms with Crippen molar-refractivity contribution in [2.24, 2.45) is 0 Å². The second-order valence-corrected chi connectivity index (χ2v) is 5.36. The molecule has 10 heteroatoms. The molecular weight excluding hydrogens is 316 g/mol. The van der Waals surface area contributed by atoms with Crippen LogP contribution >= 0.6 is 11.6 Å². The van der Waals surface area contributed by atoms with Gasteiger partial charge in [-0.05, 0) is 0 Å². The quantitative estimate of drug-likeness (QED) is 0.477. The minimum Gasteiger partial charge on any atom is -0.465 e. The van der Waals surface area contributed by atoms with Crippen LogP contribution < -0.4 is 0 Å². The van der Waals surface area contributed by atoms with E-state index in [4.69, 9.17) is 11.6 Å². The lowest BCUT2D eigenvalue weighted by Gasteiger charge is -2.26. The number of aromatic amines is 1. The highest BCUT2D eigenvalue weighted by molar-refractivity contribution is 6.33. The highest BCUT2D eigenvalue weighted by Crippen LogP contribution is 2.39. The lowest BCUT2D eigenvalue weighted by atomic mass is 10.0. The lowest BCUT2D eigenvalue weighted by Crippen LogP contribution is -2.42. The third kappa shape index (κ3) is 2.02. The largest absolute Gasteiger partial charge is 0.465 e. The van der Waals surface area contributed by atoms with E-state index >= 15 is 0 Å². The number of nitrogens with one attached hydrogen (secondary N) is 1. The summed E-state index contributed by atoms with van der Waals surface area (Å²) in [4.78, 5) is 23.0. The van der Waals surface area contributed by atoms with Crippen molar-refractivity contribution in [2.75, 3.05) is 6.61 Å². The minimum absolute atomic E-state index is 0.157. The standard InChI is InChI=1S/C12H13ClN4O5/c13-11-7-6(15-3-16-11)4(1-14-7)8-10(20)9(19)5(2-18)17(8)12(21)22/h1,3,5,8-10,14,18-20H,2H2,(H,21,22). The van der Waals surface area contributed by atoms with E-state index in [0.717, 1.165) is 4.90 Å². The molecular formula is C12H13ClN4O5. The Hall–Kier alpha value is -1.94. The van der Waals surface area contributed by atoms with Crippen LogP contribution in [0.5, 0.6) is 0 Å². The second kappa shape index (κ2) is 5.36. The maximum absolute atomic E-state index is 11.5. The Morgan fingerprint density at radius 2 is 2.09 bits per heavy atom. The van der Waals surface area contributed by atoms with Gasteiger partial charge in [0, 0.05) is 11.8 Å². The summed E-state index contributed by atoms with van der Waals surface area (Å²) in [5, 5.41) is 39.1. The molecule has 1 saturated heterocycles. The van der Waals surface area contributed by atoms with Crippen LogP contribution in [0, 0.1) is 0 Å². The third-order valence-corrected chi connectivity index (χ3v) is 4.18. The van der Waals surface area contributed by atoms with Gasteiger partial charge in [0.1, 0.15) is 24.1 Å². The second-order valence-electron chi connectivity index (χ2n) is 5.00. The number of likely N-dealkylation sites (tertiary alicyclic amines) is 1. The van der Waals surface area contributed by atoms with E-state index in [9.17, 15) is 25.2 Å². The number of carboxylic acid groups (broad SMARTS) is 1. The molecule has 0 radical (unpaired) electrons. The predicted molar refractivity (Wildman–Crippen MR) is 74.4 cm³/mol. The minimum atomic E-state index is -1.41. The Bertz CT molecular complexity index is 723. The molecule has 0 bridgehead atoms. The van der Waals surface area contributed by atoms with Gasteiger partial charge in [-0.3, -0.25) is 4.90 Å². The van der Waals surface area contributed by atoms with E-state index in [0.29, 0.717) is 16.6 Å². The zero-order valence-corrected chi connectivity index (χ0v) is 11.8. The normalized spacial score (nSPS) is 28.5. The van der Waals surface area contributed by atoms with Gasteiger partial charge in [0.05, 0.1) is 24.2 Å². The number of hydrogen-bond acceptors (Lipinski definition) is 6. The Morgan fingerprint density at radius 1 is 1.36 bits per heavy atom. The number of rotatable bonds is 2. The molecule has 4 atom stereocenters. The number of carbonyl (C=O) groups is 1. The summed E-state index contributed by atoms with van der Waals surface area (Å²) < 4.78 is 0. The zero-order valence-electron chi connectivity index (χ0n) is 11.1. The first kappa shape index (κ1) is 15.0. The Morgan fingerprint density at radius 3 is 2.73 bits per heavy atom. The molecule has 0 saturated carbocycles. The van der Waals surface area contributed by atoms with Gasteiger partial charge in [0.25, 0.3) is 0 Å². The van der Waals surface area contributed by atoms with Gasteiger partial charge >= 0.3 is 6.09 Å². The molecule has 0 aromatic carbocycles. The summed E-state index contributed by atoms with van der Waals surface area (Å²) in [7, 11) is 0. The Balaban J connectivity index is 2.15. The number of H-pyrrole nitrogens is 1. The predicted octanol–water partition coefficient (Wildman–Crippen LogP) is -0.271. The molecule has 1 aliphatic heterocycles. The summed E-state index contributed by atoms with van der Waals surface area (Å²) in [5.41, 5.74) is 1.10. The van der Waals surface area contributed by atoms with E-state index < -0.39 is 37.0 Å². The van der Waals surface area contributed by atoms with Gasteiger partial charge in [-0.2, -0.15) is 0 Å². The molecule has 1 fully saturated rings. The number of aromatic nitrogens is 3. The molecule has 4 unspecified atom stereocenters. The number of hydrogen-bond donors (Lipinski definition) is 5. The molecule has 9 nitrogen and oxygen atoms in total. The molecule has 0 spiro atoms. The Labute approximate surface area is 128 Å². The summed E-state index contributed by atoms with van der Waals surface area (Å²) in [6, 6.07) is -2.20. The van der Waals surface area contributed by atoms with E-state index in [-0.39, 0.29) is 5.15 Å². The maximum atomic E-state index is 11.5. The van der Waals surface area contributed by atoms with E-state index in [1.165, 1.54) is 12.5 Å². The summed E-state index contributed by atoms with van der Waals surface area (Å²) in [6.45, 7) is -0.612. The fourth-order valence-corrected chi connectivity index (χ4v) is 3.08. The molecule has 5 N–H and O–H groups in total. The van der Waals surface area contributed by atoms with Crippen molar-refractivity contribution in [3.05, 3.63) is 23.2 Å². The van der Waals surface area contributed by atoms with Gasteiger partial charge < -0.3 is 25.4 Å². The number of nitrogens with zero attached hydrogens (tertiary/aromatic N) is 3.